The molecular weight excluding hydrogens is 314 g/mol. The van der Waals surface area contributed by atoms with Gasteiger partial charge in [-0.25, -0.2) is 0 Å². The summed E-state index contributed by atoms with van der Waals surface area (Å²) in [6, 6.07) is 9.37. The maximum Gasteiger partial charge on any atom is 0.0638 e. The van der Waals surface area contributed by atoms with Gasteiger partial charge in [-0.05, 0) is 43.4 Å². The van der Waals surface area contributed by atoms with E-state index in [0.29, 0.717) is 6.04 Å². The fraction of sp³-hybridized carbons (Fsp3) is 0.438. The van der Waals surface area contributed by atoms with Gasteiger partial charge >= 0.3 is 0 Å². The van der Waals surface area contributed by atoms with Crippen molar-refractivity contribution in [3.8, 4) is 0 Å². The Hall–Kier alpha value is -1.13. The van der Waals surface area contributed by atoms with Crippen LogP contribution in [0.5, 0.6) is 0 Å². The van der Waals surface area contributed by atoms with Crippen LogP contribution in [0.15, 0.2) is 34.9 Å². The van der Waals surface area contributed by atoms with Gasteiger partial charge in [-0.15, -0.1) is 0 Å². The Morgan fingerprint density at radius 1 is 1.30 bits per heavy atom. The molecule has 0 unspecified atom stereocenters. The molecule has 3 nitrogen and oxygen atoms in total. The Balaban J connectivity index is 1.49. The van der Waals surface area contributed by atoms with Gasteiger partial charge in [0, 0.05) is 35.9 Å². The molecule has 1 aromatic carbocycles. The molecule has 1 aromatic heterocycles. The Morgan fingerprint density at radius 3 is 2.60 bits per heavy atom. The molecule has 0 bridgehead atoms. The lowest BCUT2D eigenvalue weighted by Crippen LogP contribution is -2.39. The average molecular weight is 334 g/mol. The Kier molecular flexibility index (Phi) is 3.94. The van der Waals surface area contributed by atoms with Crippen molar-refractivity contribution < 1.29 is 0 Å². The summed E-state index contributed by atoms with van der Waals surface area (Å²) < 4.78 is 3.04. The first-order valence-corrected chi connectivity index (χ1v) is 7.89. The van der Waals surface area contributed by atoms with Crippen LogP contribution in [0.25, 0.3) is 0 Å². The van der Waals surface area contributed by atoms with E-state index in [1.165, 1.54) is 24.0 Å². The summed E-state index contributed by atoms with van der Waals surface area (Å²) >= 11 is 3.49. The van der Waals surface area contributed by atoms with E-state index in [0.717, 1.165) is 22.6 Å². The van der Waals surface area contributed by atoms with Crippen LogP contribution in [0.1, 0.15) is 35.6 Å². The van der Waals surface area contributed by atoms with Crippen molar-refractivity contribution in [1.29, 1.82) is 0 Å². The van der Waals surface area contributed by atoms with Crippen molar-refractivity contribution in [2.75, 3.05) is 0 Å². The highest BCUT2D eigenvalue weighted by Gasteiger charge is 2.29. The largest absolute Gasteiger partial charge is 0.310 e. The highest BCUT2D eigenvalue weighted by atomic mass is 79.9. The normalized spacial score (nSPS) is 21.8. The quantitative estimate of drug-likeness (QED) is 0.927. The van der Waals surface area contributed by atoms with Crippen LogP contribution in [0.2, 0.25) is 0 Å². The average Bonchev–Trinajstić information content (AvgIpc) is 2.68. The molecule has 4 heteroatoms. The second-order valence-electron chi connectivity index (χ2n) is 5.71. The predicted molar refractivity (Wildman–Crippen MR) is 84.7 cm³/mol. The monoisotopic (exact) mass is 333 g/mol. The van der Waals surface area contributed by atoms with E-state index in [9.17, 15) is 0 Å². The number of rotatable bonds is 4. The predicted octanol–water partition coefficient (Wildman–Crippen LogP) is 3.53. The topological polar surface area (TPSA) is 29.9 Å². The van der Waals surface area contributed by atoms with Gasteiger partial charge in [0.2, 0.25) is 0 Å². The second kappa shape index (κ2) is 5.70. The van der Waals surface area contributed by atoms with E-state index < -0.39 is 0 Å². The van der Waals surface area contributed by atoms with Crippen molar-refractivity contribution in [3.05, 3.63) is 51.8 Å². The molecule has 1 aliphatic rings. The Bertz CT molecular complexity index is 582. The summed E-state index contributed by atoms with van der Waals surface area (Å²) in [4.78, 5) is 0. The number of nitrogens with one attached hydrogen (secondary N) is 1. The maximum absolute atomic E-state index is 4.38. The van der Waals surface area contributed by atoms with E-state index >= 15 is 0 Å². The first-order chi connectivity index (χ1) is 9.61. The molecular formula is C16H20BrN3. The van der Waals surface area contributed by atoms with Crippen molar-refractivity contribution >= 4 is 15.9 Å². The van der Waals surface area contributed by atoms with Crippen molar-refractivity contribution in [1.82, 2.24) is 15.1 Å². The van der Waals surface area contributed by atoms with Gasteiger partial charge < -0.3 is 5.32 Å². The molecule has 0 radical (unpaired) electrons. The van der Waals surface area contributed by atoms with E-state index in [1.54, 1.807) is 0 Å². The molecule has 3 rings (SSSR count). The van der Waals surface area contributed by atoms with Crippen LogP contribution in [0, 0.1) is 6.92 Å². The lowest BCUT2D eigenvalue weighted by Gasteiger charge is -2.36. The van der Waals surface area contributed by atoms with Gasteiger partial charge in [-0.3, -0.25) is 4.68 Å². The third-order valence-corrected chi connectivity index (χ3v) is 4.70. The van der Waals surface area contributed by atoms with E-state index in [4.69, 9.17) is 0 Å². The van der Waals surface area contributed by atoms with Crippen LogP contribution in [-0.2, 0) is 13.6 Å². The molecule has 2 aromatic rings. The fourth-order valence-electron chi connectivity index (χ4n) is 2.87. The Morgan fingerprint density at radius 2 is 2.00 bits per heavy atom. The summed E-state index contributed by atoms with van der Waals surface area (Å²) in [6.45, 7) is 3.00. The lowest BCUT2D eigenvalue weighted by atomic mass is 9.76. The van der Waals surface area contributed by atoms with Crippen LogP contribution < -0.4 is 5.32 Å². The molecule has 0 aliphatic heterocycles. The van der Waals surface area contributed by atoms with Gasteiger partial charge in [-0.1, -0.05) is 28.1 Å². The van der Waals surface area contributed by atoms with Crippen molar-refractivity contribution in [3.63, 3.8) is 0 Å². The lowest BCUT2D eigenvalue weighted by molar-refractivity contribution is 0.289. The number of benzene rings is 1. The standard InChI is InChI=1S/C16H20BrN3/c1-11-14(10-20(2)19-11)9-18-16-7-13(8-16)12-3-5-15(17)6-4-12/h3-6,10,13,16,18H,7-9H2,1-2H3. The molecule has 1 heterocycles. The summed E-state index contributed by atoms with van der Waals surface area (Å²) in [6.07, 6.45) is 4.58. The molecule has 0 atom stereocenters. The fourth-order valence-corrected chi connectivity index (χ4v) is 3.13. The minimum atomic E-state index is 0.642. The van der Waals surface area contributed by atoms with Gasteiger partial charge in [0.25, 0.3) is 0 Å². The SMILES string of the molecule is Cc1nn(C)cc1CNC1CC(c2ccc(Br)cc2)C1. The zero-order chi connectivity index (χ0) is 14.1. The molecule has 1 N–H and O–H groups in total. The summed E-state index contributed by atoms with van der Waals surface area (Å²) in [5.41, 5.74) is 3.90. The summed E-state index contributed by atoms with van der Waals surface area (Å²) in [7, 11) is 1.98. The molecule has 0 spiro atoms. The first kappa shape index (κ1) is 13.8. The number of aryl methyl sites for hydroxylation is 2. The summed E-state index contributed by atoms with van der Waals surface area (Å²) in [5, 5.41) is 8.01. The second-order valence-corrected chi connectivity index (χ2v) is 6.63. The van der Waals surface area contributed by atoms with Gasteiger partial charge in [0.15, 0.2) is 0 Å². The third kappa shape index (κ3) is 2.96. The Labute approximate surface area is 128 Å². The van der Waals surface area contributed by atoms with Crippen molar-refractivity contribution in [2.24, 2.45) is 7.05 Å². The number of halogens is 1. The van der Waals surface area contributed by atoms with Gasteiger partial charge in [0.05, 0.1) is 5.69 Å². The molecule has 1 fully saturated rings. The van der Waals surface area contributed by atoms with Crippen LogP contribution in [0.4, 0.5) is 0 Å². The number of nitrogens with zero attached hydrogens (tertiary/aromatic N) is 2. The molecule has 0 saturated heterocycles. The number of hydrogen-bond acceptors (Lipinski definition) is 2. The first-order valence-electron chi connectivity index (χ1n) is 7.10. The van der Waals surface area contributed by atoms with Gasteiger partial charge in [-0.2, -0.15) is 5.10 Å². The van der Waals surface area contributed by atoms with Crippen molar-refractivity contribution in [2.45, 2.75) is 38.3 Å². The summed E-state index contributed by atoms with van der Waals surface area (Å²) in [5.74, 6) is 0.718. The zero-order valence-corrected chi connectivity index (χ0v) is 13.5. The maximum atomic E-state index is 4.38. The highest BCUT2D eigenvalue weighted by Crippen LogP contribution is 2.37. The van der Waals surface area contributed by atoms with E-state index in [-0.39, 0.29) is 0 Å². The number of aromatic nitrogens is 2. The molecule has 1 saturated carbocycles. The molecule has 0 amide bonds. The van der Waals surface area contributed by atoms with Crippen LogP contribution in [-0.4, -0.2) is 15.8 Å². The highest BCUT2D eigenvalue weighted by molar-refractivity contribution is 9.10. The third-order valence-electron chi connectivity index (χ3n) is 4.18. The minimum absolute atomic E-state index is 0.642. The molecule has 1 aliphatic carbocycles. The molecule has 20 heavy (non-hydrogen) atoms. The molecule has 106 valence electrons. The number of hydrogen-bond donors (Lipinski definition) is 1. The smallest absolute Gasteiger partial charge is 0.0638 e. The van der Waals surface area contributed by atoms with Gasteiger partial charge in [0.1, 0.15) is 0 Å². The van der Waals surface area contributed by atoms with Crippen LogP contribution in [0.3, 0.4) is 0 Å². The van der Waals surface area contributed by atoms with E-state index in [2.05, 4.69) is 63.7 Å². The van der Waals surface area contributed by atoms with E-state index in [1.807, 2.05) is 11.7 Å². The van der Waals surface area contributed by atoms with Crippen LogP contribution >= 0.6 is 15.9 Å². The minimum Gasteiger partial charge on any atom is -0.310 e. The zero-order valence-electron chi connectivity index (χ0n) is 11.9.